The Morgan fingerprint density at radius 3 is 2.15 bits per heavy atom. The summed E-state index contributed by atoms with van der Waals surface area (Å²) in [6.45, 7) is 3.46. The van der Waals surface area contributed by atoms with Crippen LogP contribution in [0, 0.1) is 26.1 Å². The van der Waals surface area contributed by atoms with Crippen molar-refractivity contribution in [2.45, 2.75) is 13.8 Å². The standard InChI is InChI=1S/C17H15N3O7/c1-10(2)16(21)18-12-5-3-11(4-6-12)17(22)27-15-9-13(19(23)24)7-8-14(15)20(25)26/h3-10H,1-2H3,(H,18,21). The number of nitrogens with zero attached hydrogens (tertiary/aromatic N) is 2. The zero-order chi connectivity index (χ0) is 20.1. The molecule has 0 spiro atoms. The van der Waals surface area contributed by atoms with Gasteiger partial charge in [0.1, 0.15) is 0 Å². The molecule has 0 bridgehead atoms. The Kier molecular flexibility index (Phi) is 5.81. The Balaban J connectivity index is 2.22. The van der Waals surface area contributed by atoms with E-state index in [1.54, 1.807) is 13.8 Å². The van der Waals surface area contributed by atoms with Gasteiger partial charge in [0.15, 0.2) is 0 Å². The molecule has 0 heterocycles. The van der Waals surface area contributed by atoms with Gasteiger partial charge < -0.3 is 10.1 Å². The van der Waals surface area contributed by atoms with Gasteiger partial charge in [-0.05, 0) is 24.3 Å². The van der Waals surface area contributed by atoms with E-state index in [1.165, 1.54) is 24.3 Å². The van der Waals surface area contributed by atoms with Gasteiger partial charge in [0.2, 0.25) is 11.7 Å². The van der Waals surface area contributed by atoms with Gasteiger partial charge in [0.05, 0.1) is 21.5 Å². The lowest BCUT2D eigenvalue weighted by Crippen LogP contribution is -2.17. The van der Waals surface area contributed by atoms with Crippen molar-refractivity contribution in [3.63, 3.8) is 0 Å². The first-order valence-corrected chi connectivity index (χ1v) is 7.75. The molecule has 0 atom stereocenters. The first-order chi connectivity index (χ1) is 12.7. The fourth-order valence-electron chi connectivity index (χ4n) is 1.98. The molecule has 27 heavy (non-hydrogen) atoms. The van der Waals surface area contributed by atoms with E-state index in [1.807, 2.05) is 0 Å². The average molecular weight is 373 g/mol. The first-order valence-electron chi connectivity index (χ1n) is 7.75. The minimum absolute atomic E-state index is 0.0540. The summed E-state index contributed by atoms with van der Waals surface area (Å²) < 4.78 is 4.97. The predicted octanol–water partition coefficient (Wildman–Crippen LogP) is 3.32. The maximum Gasteiger partial charge on any atom is 0.343 e. The Hall–Kier alpha value is -3.82. The highest BCUT2D eigenvalue weighted by Gasteiger charge is 2.23. The molecular formula is C17H15N3O7. The second-order valence-electron chi connectivity index (χ2n) is 5.78. The van der Waals surface area contributed by atoms with E-state index in [4.69, 9.17) is 4.74 Å². The van der Waals surface area contributed by atoms with Crippen molar-refractivity contribution in [2.24, 2.45) is 5.92 Å². The molecule has 1 amide bonds. The van der Waals surface area contributed by atoms with E-state index in [0.717, 1.165) is 18.2 Å². The molecule has 1 N–H and O–H groups in total. The van der Waals surface area contributed by atoms with E-state index in [2.05, 4.69) is 5.32 Å². The number of anilines is 1. The Bertz CT molecular complexity index is 907. The quantitative estimate of drug-likeness (QED) is 0.354. The van der Waals surface area contributed by atoms with Gasteiger partial charge >= 0.3 is 11.7 Å². The molecule has 0 saturated heterocycles. The third-order valence-electron chi connectivity index (χ3n) is 3.47. The lowest BCUT2D eigenvalue weighted by molar-refractivity contribution is -0.389. The van der Waals surface area contributed by atoms with Gasteiger partial charge in [-0.3, -0.25) is 25.0 Å². The van der Waals surface area contributed by atoms with Crippen molar-refractivity contribution < 1.29 is 24.2 Å². The van der Waals surface area contributed by atoms with E-state index >= 15 is 0 Å². The SMILES string of the molecule is CC(C)C(=O)Nc1ccc(C(=O)Oc2cc([N+](=O)[O-])ccc2[N+](=O)[O-])cc1. The second-order valence-corrected chi connectivity index (χ2v) is 5.78. The van der Waals surface area contributed by atoms with Crippen molar-refractivity contribution in [3.8, 4) is 5.75 Å². The monoisotopic (exact) mass is 373 g/mol. The van der Waals surface area contributed by atoms with Crippen LogP contribution >= 0.6 is 0 Å². The van der Waals surface area contributed by atoms with Crippen LogP contribution in [0.2, 0.25) is 0 Å². The summed E-state index contributed by atoms with van der Waals surface area (Å²) in [4.78, 5) is 44.1. The maximum atomic E-state index is 12.2. The number of nitro groups is 2. The van der Waals surface area contributed by atoms with Crippen LogP contribution in [0.4, 0.5) is 17.1 Å². The predicted molar refractivity (Wildman–Crippen MR) is 94.6 cm³/mol. The number of amides is 1. The number of hydrogen-bond acceptors (Lipinski definition) is 7. The fraction of sp³-hybridized carbons (Fsp3) is 0.176. The minimum atomic E-state index is -0.930. The van der Waals surface area contributed by atoms with Crippen molar-refractivity contribution in [1.29, 1.82) is 0 Å². The third kappa shape index (κ3) is 4.84. The van der Waals surface area contributed by atoms with E-state index < -0.39 is 32.9 Å². The second kappa shape index (κ2) is 8.04. The van der Waals surface area contributed by atoms with Gasteiger partial charge in [0.25, 0.3) is 5.69 Å². The molecular weight excluding hydrogens is 358 g/mol. The highest BCUT2D eigenvalue weighted by molar-refractivity contribution is 5.94. The van der Waals surface area contributed by atoms with Crippen molar-refractivity contribution in [2.75, 3.05) is 5.32 Å². The van der Waals surface area contributed by atoms with Gasteiger partial charge in [-0.25, -0.2) is 4.79 Å². The number of benzene rings is 2. The molecule has 2 aromatic carbocycles. The lowest BCUT2D eigenvalue weighted by atomic mass is 10.1. The lowest BCUT2D eigenvalue weighted by Gasteiger charge is -2.08. The summed E-state index contributed by atoms with van der Waals surface area (Å²) >= 11 is 0. The van der Waals surface area contributed by atoms with Crippen molar-refractivity contribution in [1.82, 2.24) is 0 Å². The topological polar surface area (TPSA) is 142 Å². The molecule has 2 aromatic rings. The maximum absolute atomic E-state index is 12.2. The molecule has 0 radical (unpaired) electrons. The van der Waals surface area contributed by atoms with Crippen LogP contribution in [-0.2, 0) is 4.79 Å². The van der Waals surface area contributed by atoms with E-state index in [0.29, 0.717) is 5.69 Å². The highest BCUT2D eigenvalue weighted by Crippen LogP contribution is 2.31. The molecule has 2 rings (SSSR count). The van der Waals surface area contributed by atoms with Gasteiger partial charge in [-0.1, -0.05) is 13.8 Å². The molecule has 10 nitrogen and oxygen atoms in total. The Morgan fingerprint density at radius 2 is 1.63 bits per heavy atom. The molecule has 0 unspecified atom stereocenters. The highest BCUT2D eigenvalue weighted by atomic mass is 16.6. The normalized spacial score (nSPS) is 10.3. The number of carbonyl (C=O) groups excluding carboxylic acids is 2. The van der Waals surface area contributed by atoms with Crippen LogP contribution in [0.3, 0.4) is 0 Å². The van der Waals surface area contributed by atoms with Gasteiger partial charge in [-0.2, -0.15) is 0 Å². The zero-order valence-electron chi connectivity index (χ0n) is 14.4. The summed E-state index contributed by atoms with van der Waals surface area (Å²) in [5.41, 5.74) is -0.505. The molecule has 0 aliphatic heterocycles. The third-order valence-corrected chi connectivity index (χ3v) is 3.47. The number of rotatable bonds is 6. The number of ether oxygens (including phenoxy) is 1. The van der Waals surface area contributed by atoms with Crippen LogP contribution < -0.4 is 10.1 Å². The van der Waals surface area contributed by atoms with Crippen LogP contribution in [0.15, 0.2) is 42.5 Å². The summed E-state index contributed by atoms with van der Waals surface area (Å²) in [5, 5.41) is 24.5. The number of hydrogen-bond donors (Lipinski definition) is 1. The van der Waals surface area contributed by atoms with Crippen molar-refractivity contribution in [3.05, 3.63) is 68.3 Å². The number of esters is 1. The average Bonchev–Trinajstić information content (AvgIpc) is 2.61. The molecule has 140 valence electrons. The van der Waals surface area contributed by atoms with E-state index in [-0.39, 0.29) is 17.4 Å². The number of nitro benzene ring substituents is 2. The van der Waals surface area contributed by atoms with Crippen LogP contribution in [0.1, 0.15) is 24.2 Å². The largest absolute Gasteiger partial charge is 0.415 e. The molecule has 0 saturated carbocycles. The van der Waals surface area contributed by atoms with Gasteiger partial charge in [-0.15, -0.1) is 0 Å². The minimum Gasteiger partial charge on any atom is -0.415 e. The van der Waals surface area contributed by atoms with Crippen LogP contribution in [-0.4, -0.2) is 21.7 Å². The Morgan fingerprint density at radius 1 is 1.00 bits per heavy atom. The Labute approximate surface area is 153 Å². The fourth-order valence-corrected chi connectivity index (χ4v) is 1.98. The van der Waals surface area contributed by atoms with Crippen LogP contribution in [0.25, 0.3) is 0 Å². The van der Waals surface area contributed by atoms with E-state index in [9.17, 15) is 29.8 Å². The van der Waals surface area contributed by atoms with Crippen molar-refractivity contribution >= 4 is 28.9 Å². The molecule has 0 aliphatic rings. The molecule has 0 aromatic heterocycles. The molecule has 0 aliphatic carbocycles. The number of carbonyl (C=O) groups is 2. The number of non-ortho nitro benzene ring substituents is 1. The summed E-state index contributed by atoms with van der Waals surface area (Å²) in [7, 11) is 0. The smallest absolute Gasteiger partial charge is 0.343 e. The zero-order valence-corrected chi connectivity index (χ0v) is 14.4. The van der Waals surface area contributed by atoms with Crippen LogP contribution in [0.5, 0.6) is 5.75 Å². The summed E-state index contributed by atoms with van der Waals surface area (Å²) in [6, 6.07) is 8.32. The summed E-state index contributed by atoms with van der Waals surface area (Å²) in [6.07, 6.45) is 0. The number of nitrogens with one attached hydrogen (secondary N) is 1. The molecule has 0 fully saturated rings. The van der Waals surface area contributed by atoms with Gasteiger partial charge in [0, 0.05) is 23.7 Å². The summed E-state index contributed by atoms with van der Waals surface area (Å²) in [5.74, 6) is -1.88. The first kappa shape index (κ1) is 19.5. The molecule has 10 heteroatoms.